The molecular weight excluding hydrogens is 242 g/mol. The highest BCUT2D eigenvalue weighted by molar-refractivity contribution is 7.07. The summed E-state index contributed by atoms with van der Waals surface area (Å²) in [5.41, 5.74) is 1.12. The van der Waals surface area contributed by atoms with E-state index in [4.69, 9.17) is 0 Å². The monoisotopic (exact) mass is 265 g/mol. The maximum absolute atomic E-state index is 12.4. The Morgan fingerprint density at radius 1 is 1.56 bits per heavy atom. The number of carbonyl (C=O) groups excluding carboxylic acids is 1. The van der Waals surface area contributed by atoms with Crippen LogP contribution in [-0.4, -0.2) is 18.9 Å². The standard InChI is InChI=1S/C15H23NOS/c1-15(2,13-4-3-8-16-10-13)14(17)6-5-12-7-9-18-11-12/h7,9,11,13,16H,3-6,8,10H2,1-2H3. The smallest absolute Gasteiger partial charge is 0.139 e. The first-order valence-corrected chi connectivity index (χ1v) is 7.80. The van der Waals surface area contributed by atoms with E-state index in [9.17, 15) is 4.79 Å². The normalized spacial score (nSPS) is 20.9. The molecule has 1 aliphatic heterocycles. The van der Waals surface area contributed by atoms with Crippen molar-refractivity contribution in [1.29, 1.82) is 0 Å². The van der Waals surface area contributed by atoms with E-state index in [1.165, 1.54) is 18.4 Å². The molecular formula is C15H23NOS. The predicted molar refractivity (Wildman–Crippen MR) is 77.0 cm³/mol. The maximum atomic E-state index is 12.4. The number of hydrogen-bond acceptors (Lipinski definition) is 3. The Morgan fingerprint density at radius 2 is 2.39 bits per heavy atom. The van der Waals surface area contributed by atoms with Crippen LogP contribution < -0.4 is 5.32 Å². The SMILES string of the molecule is CC(C)(C(=O)CCc1ccsc1)C1CCCNC1. The lowest BCUT2D eigenvalue weighted by Crippen LogP contribution is -2.42. The fourth-order valence-electron chi connectivity index (χ4n) is 2.71. The van der Waals surface area contributed by atoms with Gasteiger partial charge in [-0.15, -0.1) is 0 Å². The zero-order valence-corrected chi connectivity index (χ0v) is 12.2. The molecule has 1 unspecified atom stereocenters. The van der Waals surface area contributed by atoms with Crippen molar-refractivity contribution in [1.82, 2.24) is 5.32 Å². The highest BCUT2D eigenvalue weighted by Gasteiger charge is 2.36. The van der Waals surface area contributed by atoms with Crippen LogP contribution in [0.25, 0.3) is 0 Å². The number of hydrogen-bond donors (Lipinski definition) is 1. The maximum Gasteiger partial charge on any atom is 0.139 e. The molecule has 0 aliphatic carbocycles. The van der Waals surface area contributed by atoms with E-state index < -0.39 is 0 Å². The molecule has 1 saturated heterocycles. The summed E-state index contributed by atoms with van der Waals surface area (Å²) in [4.78, 5) is 12.4. The van der Waals surface area contributed by atoms with Gasteiger partial charge in [-0.2, -0.15) is 11.3 Å². The van der Waals surface area contributed by atoms with Crippen LogP contribution in [0.3, 0.4) is 0 Å². The van der Waals surface area contributed by atoms with Gasteiger partial charge in [0.25, 0.3) is 0 Å². The molecule has 2 rings (SSSR count). The van der Waals surface area contributed by atoms with Crippen molar-refractivity contribution < 1.29 is 4.79 Å². The number of thiophene rings is 1. The molecule has 0 aromatic carbocycles. The first kappa shape index (κ1) is 13.8. The summed E-state index contributed by atoms with van der Waals surface area (Å²) in [6.07, 6.45) is 3.96. The molecule has 1 aromatic heterocycles. The van der Waals surface area contributed by atoms with Crippen LogP contribution in [-0.2, 0) is 11.2 Å². The van der Waals surface area contributed by atoms with E-state index in [1.54, 1.807) is 11.3 Å². The molecule has 0 spiro atoms. The van der Waals surface area contributed by atoms with Crippen molar-refractivity contribution in [2.45, 2.75) is 39.5 Å². The Morgan fingerprint density at radius 3 is 3.00 bits per heavy atom. The molecule has 1 aromatic rings. The van der Waals surface area contributed by atoms with E-state index in [0.29, 0.717) is 18.1 Å². The van der Waals surface area contributed by atoms with Crippen LogP contribution >= 0.6 is 11.3 Å². The van der Waals surface area contributed by atoms with Gasteiger partial charge in [-0.05, 0) is 60.7 Å². The first-order valence-electron chi connectivity index (χ1n) is 6.86. The minimum Gasteiger partial charge on any atom is -0.316 e. The third-order valence-corrected chi connectivity index (χ3v) is 4.99. The van der Waals surface area contributed by atoms with Crippen LogP contribution in [0.1, 0.15) is 38.7 Å². The average Bonchev–Trinajstić information content (AvgIpc) is 2.90. The second kappa shape index (κ2) is 5.98. The highest BCUT2D eigenvalue weighted by atomic mass is 32.1. The molecule has 2 heterocycles. The third-order valence-electron chi connectivity index (χ3n) is 4.26. The Kier molecular flexibility index (Phi) is 4.57. The largest absolute Gasteiger partial charge is 0.316 e. The quantitative estimate of drug-likeness (QED) is 0.885. The number of rotatable bonds is 5. The molecule has 18 heavy (non-hydrogen) atoms. The summed E-state index contributed by atoms with van der Waals surface area (Å²) in [6, 6.07) is 2.12. The van der Waals surface area contributed by atoms with Gasteiger partial charge >= 0.3 is 0 Å². The highest BCUT2D eigenvalue weighted by Crippen LogP contribution is 2.34. The molecule has 0 radical (unpaired) electrons. The second-order valence-electron chi connectivity index (χ2n) is 5.82. The molecule has 0 saturated carbocycles. The van der Waals surface area contributed by atoms with E-state index >= 15 is 0 Å². The zero-order chi connectivity index (χ0) is 13.0. The second-order valence-corrected chi connectivity index (χ2v) is 6.60. The molecule has 1 fully saturated rings. The molecule has 1 aliphatic rings. The van der Waals surface area contributed by atoms with E-state index in [2.05, 4.69) is 36.0 Å². The van der Waals surface area contributed by atoms with Crippen molar-refractivity contribution in [2.75, 3.05) is 13.1 Å². The topological polar surface area (TPSA) is 29.1 Å². The number of nitrogens with one attached hydrogen (secondary N) is 1. The van der Waals surface area contributed by atoms with Gasteiger partial charge in [0.15, 0.2) is 0 Å². The number of piperidine rings is 1. The van der Waals surface area contributed by atoms with Gasteiger partial charge < -0.3 is 5.32 Å². The lowest BCUT2D eigenvalue weighted by atomic mass is 9.71. The van der Waals surface area contributed by atoms with Gasteiger partial charge in [0, 0.05) is 11.8 Å². The van der Waals surface area contributed by atoms with Crippen LogP contribution in [0.15, 0.2) is 16.8 Å². The summed E-state index contributed by atoms with van der Waals surface area (Å²) < 4.78 is 0. The summed E-state index contributed by atoms with van der Waals surface area (Å²) in [6.45, 7) is 6.36. The molecule has 1 N–H and O–H groups in total. The fourth-order valence-corrected chi connectivity index (χ4v) is 3.41. The third kappa shape index (κ3) is 3.21. The lowest BCUT2D eigenvalue weighted by molar-refractivity contribution is -0.130. The van der Waals surface area contributed by atoms with E-state index in [-0.39, 0.29) is 5.41 Å². The predicted octanol–water partition coefficient (Wildman–Crippen LogP) is 3.28. The minimum absolute atomic E-state index is 0.177. The molecule has 0 bridgehead atoms. The average molecular weight is 265 g/mol. The van der Waals surface area contributed by atoms with Crippen LogP contribution in [0.2, 0.25) is 0 Å². The van der Waals surface area contributed by atoms with Gasteiger partial charge in [0.05, 0.1) is 0 Å². The summed E-state index contributed by atoms with van der Waals surface area (Å²) in [7, 11) is 0. The Labute approximate surface area is 114 Å². The van der Waals surface area contributed by atoms with Crippen molar-refractivity contribution in [3.63, 3.8) is 0 Å². The Hall–Kier alpha value is -0.670. The van der Waals surface area contributed by atoms with Gasteiger partial charge in [-0.3, -0.25) is 4.79 Å². The Balaban J connectivity index is 1.89. The molecule has 0 amide bonds. The summed E-state index contributed by atoms with van der Waals surface area (Å²) in [5, 5.41) is 7.64. The van der Waals surface area contributed by atoms with Crippen molar-refractivity contribution in [3.8, 4) is 0 Å². The minimum atomic E-state index is -0.177. The van der Waals surface area contributed by atoms with Gasteiger partial charge in [0.1, 0.15) is 5.78 Å². The van der Waals surface area contributed by atoms with Crippen LogP contribution in [0, 0.1) is 11.3 Å². The first-order chi connectivity index (χ1) is 8.60. The van der Waals surface area contributed by atoms with E-state index in [1.807, 2.05) is 0 Å². The zero-order valence-electron chi connectivity index (χ0n) is 11.4. The van der Waals surface area contributed by atoms with Crippen LogP contribution in [0.5, 0.6) is 0 Å². The molecule has 1 atom stereocenters. The van der Waals surface area contributed by atoms with Gasteiger partial charge in [0.2, 0.25) is 0 Å². The molecule has 2 nitrogen and oxygen atoms in total. The Bertz CT molecular complexity index is 377. The van der Waals surface area contributed by atoms with Crippen molar-refractivity contribution >= 4 is 17.1 Å². The lowest BCUT2D eigenvalue weighted by Gasteiger charge is -2.36. The van der Waals surface area contributed by atoms with Crippen molar-refractivity contribution in [3.05, 3.63) is 22.4 Å². The fraction of sp³-hybridized carbons (Fsp3) is 0.667. The van der Waals surface area contributed by atoms with Crippen LogP contribution in [0.4, 0.5) is 0 Å². The number of ketones is 1. The number of carbonyl (C=O) groups is 1. The van der Waals surface area contributed by atoms with Gasteiger partial charge in [-0.1, -0.05) is 13.8 Å². The number of Topliss-reactive ketones (excluding diaryl/α,β-unsaturated/α-hetero) is 1. The van der Waals surface area contributed by atoms with E-state index in [0.717, 1.165) is 19.5 Å². The molecule has 3 heteroatoms. The number of aryl methyl sites for hydroxylation is 1. The van der Waals surface area contributed by atoms with Crippen molar-refractivity contribution in [2.24, 2.45) is 11.3 Å². The summed E-state index contributed by atoms with van der Waals surface area (Å²) >= 11 is 1.71. The van der Waals surface area contributed by atoms with Gasteiger partial charge in [-0.25, -0.2) is 0 Å². The molecule has 100 valence electrons. The summed E-state index contributed by atoms with van der Waals surface area (Å²) in [5.74, 6) is 0.920.